The minimum absolute atomic E-state index is 0.215. The molecule has 1 atom stereocenters. The van der Waals surface area contributed by atoms with Gasteiger partial charge < -0.3 is 4.52 Å². The van der Waals surface area contributed by atoms with E-state index in [1.54, 1.807) is 18.2 Å². The van der Waals surface area contributed by atoms with E-state index in [1.165, 1.54) is 11.6 Å². The molecule has 178 valence electrons. The van der Waals surface area contributed by atoms with Gasteiger partial charge in [-0.3, -0.25) is 4.68 Å². The topological polar surface area (TPSA) is 39.4 Å². The lowest BCUT2D eigenvalue weighted by Gasteiger charge is -2.37. The maximum atomic E-state index is 15.0. The van der Waals surface area contributed by atoms with Crippen LogP contribution in [0.3, 0.4) is 0 Å². The Morgan fingerprint density at radius 2 is 1.71 bits per heavy atom. The van der Waals surface area contributed by atoms with Gasteiger partial charge in [-0.1, -0.05) is 75.7 Å². The third-order valence-electron chi connectivity index (χ3n) is 5.92. The molecule has 0 saturated heterocycles. The molecule has 0 amide bonds. The van der Waals surface area contributed by atoms with Crippen molar-refractivity contribution in [1.82, 2.24) is 9.78 Å². The van der Waals surface area contributed by atoms with Crippen LogP contribution in [0.1, 0.15) is 45.2 Å². The molecule has 0 fully saturated rings. The second-order valence-corrected chi connectivity index (χ2v) is 13.0. The summed E-state index contributed by atoms with van der Waals surface area (Å²) in [4.78, 5) is 0. The van der Waals surface area contributed by atoms with Crippen LogP contribution in [0.15, 0.2) is 71.5 Å². The van der Waals surface area contributed by atoms with Crippen molar-refractivity contribution in [2.24, 2.45) is 4.74 Å². The van der Waals surface area contributed by atoms with Gasteiger partial charge in [0.05, 0.1) is 11.2 Å². The van der Waals surface area contributed by atoms with Crippen molar-refractivity contribution in [3.8, 4) is 5.75 Å². The maximum absolute atomic E-state index is 15.0. The zero-order valence-corrected chi connectivity index (χ0v) is 21.7. The average Bonchev–Trinajstić information content (AvgIpc) is 3.14. The average molecular weight is 478 g/mol. The summed E-state index contributed by atoms with van der Waals surface area (Å²) < 4.78 is 29.3. The molecule has 0 bridgehead atoms. The SMILES string of the molecule is CCCn1nc2ccccc2c1P(=Nc1ccc(C)cc1C)(Oc1ccccc1F)C(C)(C)C. The summed E-state index contributed by atoms with van der Waals surface area (Å²) in [6, 6.07) is 20.9. The first-order valence-electron chi connectivity index (χ1n) is 11.8. The van der Waals surface area contributed by atoms with Gasteiger partial charge in [0.1, 0.15) is 5.44 Å². The number of hydrogen-bond donors (Lipinski definition) is 0. The van der Waals surface area contributed by atoms with E-state index in [9.17, 15) is 0 Å². The normalized spacial score (nSPS) is 13.6. The molecule has 0 aliphatic rings. The summed E-state index contributed by atoms with van der Waals surface area (Å²) in [6.45, 7) is 13.4. The molecule has 3 aromatic carbocycles. The highest BCUT2D eigenvalue weighted by atomic mass is 31.2. The van der Waals surface area contributed by atoms with E-state index < -0.39 is 18.3 Å². The zero-order valence-electron chi connectivity index (χ0n) is 20.8. The number of fused-ring (bicyclic) bond motifs is 1. The van der Waals surface area contributed by atoms with Crippen LogP contribution in [0, 0.1) is 19.7 Å². The highest BCUT2D eigenvalue weighted by Gasteiger charge is 2.43. The van der Waals surface area contributed by atoms with Crippen molar-refractivity contribution in [3.63, 3.8) is 0 Å². The largest absolute Gasteiger partial charge is 0.451 e. The molecule has 34 heavy (non-hydrogen) atoms. The van der Waals surface area contributed by atoms with Gasteiger partial charge in [0.15, 0.2) is 18.8 Å². The van der Waals surface area contributed by atoms with E-state index in [0.717, 1.165) is 40.6 Å². The van der Waals surface area contributed by atoms with Crippen molar-refractivity contribution in [1.29, 1.82) is 0 Å². The summed E-state index contributed by atoms with van der Waals surface area (Å²) in [5, 5.41) is 5.49. The summed E-state index contributed by atoms with van der Waals surface area (Å²) in [5.74, 6) is -0.176. The molecule has 0 spiro atoms. The van der Waals surface area contributed by atoms with Gasteiger partial charge in [0.25, 0.3) is 0 Å². The van der Waals surface area contributed by atoms with Crippen LogP contribution >= 0.6 is 7.28 Å². The Balaban J connectivity index is 2.16. The molecule has 4 rings (SSSR count). The van der Waals surface area contributed by atoms with E-state index in [2.05, 4.69) is 59.7 Å². The molecule has 0 aliphatic carbocycles. The lowest BCUT2D eigenvalue weighted by Crippen LogP contribution is -2.32. The number of rotatable bonds is 6. The lowest BCUT2D eigenvalue weighted by atomic mass is 10.1. The van der Waals surface area contributed by atoms with Gasteiger partial charge in [-0.15, -0.1) is 0 Å². The molecular formula is C28H33FN3OP. The number of halogens is 1. The van der Waals surface area contributed by atoms with Crippen molar-refractivity contribution < 1.29 is 8.91 Å². The highest BCUT2D eigenvalue weighted by Crippen LogP contribution is 2.63. The molecule has 0 N–H and O–H groups in total. The molecule has 4 aromatic rings. The first-order chi connectivity index (χ1) is 16.2. The molecule has 6 heteroatoms. The van der Waals surface area contributed by atoms with Gasteiger partial charge in [-0.05, 0) is 50.1 Å². The Morgan fingerprint density at radius 1 is 1.00 bits per heavy atom. The number of aryl methyl sites for hydroxylation is 3. The molecule has 0 radical (unpaired) electrons. The third-order valence-corrected chi connectivity index (χ3v) is 9.74. The van der Waals surface area contributed by atoms with Crippen LogP contribution in [0.2, 0.25) is 0 Å². The van der Waals surface area contributed by atoms with Crippen LogP contribution < -0.4 is 9.96 Å². The van der Waals surface area contributed by atoms with Gasteiger partial charge in [0.2, 0.25) is 0 Å². The number of aromatic nitrogens is 2. The first kappa shape index (κ1) is 24.2. The minimum atomic E-state index is -2.92. The molecule has 4 nitrogen and oxygen atoms in total. The maximum Gasteiger partial charge on any atom is 0.191 e. The smallest absolute Gasteiger partial charge is 0.191 e. The van der Waals surface area contributed by atoms with Crippen molar-refractivity contribution >= 4 is 29.3 Å². The predicted octanol–water partition coefficient (Wildman–Crippen LogP) is 8.15. The van der Waals surface area contributed by atoms with Crippen LogP contribution in [-0.2, 0) is 6.54 Å². The summed E-state index contributed by atoms with van der Waals surface area (Å²) in [6.07, 6.45) is 0.911. The Bertz CT molecular complexity index is 1380. The lowest BCUT2D eigenvalue weighted by molar-refractivity contribution is 0.506. The Morgan fingerprint density at radius 3 is 2.38 bits per heavy atom. The molecule has 0 aliphatic heterocycles. The second-order valence-electron chi connectivity index (χ2n) is 9.72. The van der Waals surface area contributed by atoms with E-state index in [0.29, 0.717) is 0 Å². The van der Waals surface area contributed by atoms with Crippen LogP contribution in [0.4, 0.5) is 10.1 Å². The van der Waals surface area contributed by atoms with E-state index >= 15 is 4.39 Å². The second kappa shape index (κ2) is 9.38. The summed E-state index contributed by atoms with van der Waals surface area (Å²) >= 11 is 0. The van der Waals surface area contributed by atoms with Gasteiger partial charge >= 0.3 is 0 Å². The zero-order chi connectivity index (χ0) is 24.5. The fourth-order valence-electron chi connectivity index (χ4n) is 4.20. The molecule has 1 unspecified atom stereocenters. The number of nitrogens with zero attached hydrogens (tertiary/aromatic N) is 3. The van der Waals surface area contributed by atoms with Gasteiger partial charge in [0, 0.05) is 17.1 Å². The van der Waals surface area contributed by atoms with Crippen molar-refractivity contribution in [2.45, 2.75) is 59.7 Å². The number of hydrogen-bond acceptors (Lipinski definition) is 3. The molecular weight excluding hydrogens is 444 g/mol. The standard InChI is InChI=1S/C28H33FN3OP/c1-7-18-32-27(22-12-8-10-14-25(22)30-32)34(28(4,5)6,33-26-15-11-9-13-23(26)29)31-24-17-16-20(2)19-21(24)3/h8-17,19H,7,18H2,1-6H3. The fraction of sp³-hybridized carbons (Fsp3) is 0.321. The van der Waals surface area contributed by atoms with E-state index in [1.807, 2.05) is 28.9 Å². The van der Waals surface area contributed by atoms with Crippen LogP contribution in [-0.4, -0.2) is 14.9 Å². The molecule has 1 aromatic heterocycles. The van der Waals surface area contributed by atoms with Crippen LogP contribution in [0.5, 0.6) is 5.75 Å². The Kier molecular flexibility index (Phi) is 6.69. The number of benzene rings is 3. The van der Waals surface area contributed by atoms with Crippen molar-refractivity contribution in [3.05, 3.63) is 83.7 Å². The quantitative estimate of drug-likeness (QED) is 0.263. The van der Waals surface area contributed by atoms with E-state index in [4.69, 9.17) is 14.4 Å². The monoisotopic (exact) mass is 477 g/mol. The summed E-state index contributed by atoms with van der Waals surface area (Å²) in [7, 11) is -2.92. The van der Waals surface area contributed by atoms with Crippen molar-refractivity contribution in [2.75, 3.05) is 0 Å². The molecule has 1 heterocycles. The van der Waals surface area contributed by atoms with Gasteiger partial charge in [-0.25, -0.2) is 9.14 Å². The first-order valence-corrected chi connectivity index (χ1v) is 13.4. The Hall–Kier alpha value is -2.91. The summed E-state index contributed by atoms with van der Waals surface area (Å²) in [5.41, 5.74) is 4.94. The third kappa shape index (κ3) is 4.42. The molecule has 0 saturated carbocycles. The van der Waals surface area contributed by atoms with E-state index in [-0.39, 0.29) is 5.75 Å². The van der Waals surface area contributed by atoms with Gasteiger partial charge in [-0.2, -0.15) is 5.10 Å². The number of para-hydroxylation sites is 1. The fourth-order valence-corrected chi connectivity index (χ4v) is 7.56. The van der Waals surface area contributed by atoms with Crippen LogP contribution in [0.25, 0.3) is 10.9 Å². The minimum Gasteiger partial charge on any atom is -0.451 e. The highest BCUT2D eigenvalue weighted by molar-refractivity contribution is 7.71. The Labute approximate surface area is 201 Å². The predicted molar refractivity (Wildman–Crippen MR) is 141 cm³/mol.